The van der Waals surface area contributed by atoms with Crippen LogP contribution in [0.15, 0.2) is 48.5 Å². The number of hydrogen-bond donors (Lipinski definition) is 1. The van der Waals surface area contributed by atoms with E-state index in [9.17, 15) is 9.90 Å². The van der Waals surface area contributed by atoms with Gasteiger partial charge < -0.3 is 10.0 Å². The monoisotopic (exact) mass is 301 g/mol. The molecule has 0 aliphatic carbocycles. The summed E-state index contributed by atoms with van der Waals surface area (Å²) in [6.07, 6.45) is 0. The first-order chi connectivity index (χ1) is 10.1. The number of carboxylic acid groups (broad SMARTS) is 1. The number of nitrogens with zero attached hydrogens (tertiary/aromatic N) is 1. The van der Waals surface area contributed by atoms with Gasteiger partial charge in [0.1, 0.15) is 0 Å². The smallest absolute Gasteiger partial charge is 0.309 e. The van der Waals surface area contributed by atoms with Gasteiger partial charge in [-0.15, -0.1) is 0 Å². The van der Waals surface area contributed by atoms with E-state index in [1.54, 1.807) is 0 Å². The molecule has 4 heteroatoms. The molecule has 1 aliphatic heterocycles. The van der Waals surface area contributed by atoms with Gasteiger partial charge in [-0.1, -0.05) is 41.9 Å². The first-order valence-electron chi connectivity index (χ1n) is 6.86. The van der Waals surface area contributed by atoms with Gasteiger partial charge >= 0.3 is 5.97 Å². The van der Waals surface area contributed by atoms with E-state index in [4.69, 9.17) is 11.6 Å². The summed E-state index contributed by atoms with van der Waals surface area (Å²) in [5, 5.41) is 10.3. The molecule has 2 aromatic carbocycles. The normalized spacial score (nSPS) is 21.0. The van der Waals surface area contributed by atoms with Crippen molar-refractivity contribution < 1.29 is 9.90 Å². The third-order valence-electron chi connectivity index (χ3n) is 4.08. The number of aliphatic carboxylic acids is 1. The molecule has 108 valence electrons. The Labute approximate surface area is 128 Å². The minimum absolute atomic E-state index is 0.173. The fourth-order valence-electron chi connectivity index (χ4n) is 3.13. The molecule has 3 nitrogen and oxygen atoms in total. The molecule has 0 saturated carbocycles. The molecule has 2 atom stereocenters. The third-order valence-corrected chi connectivity index (χ3v) is 4.32. The number of fused-ring (bicyclic) bond motifs is 1. The number of anilines is 1. The number of rotatable bonds is 2. The van der Waals surface area contributed by atoms with Crippen LogP contribution in [0.3, 0.4) is 0 Å². The largest absolute Gasteiger partial charge is 0.481 e. The lowest BCUT2D eigenvalue weighted by atomic mass is 9.77. The standard InChI is InChI=1S/C17H16ClNO2/c1-19-10-14(17(20)21)16(11-5-3-2-4-6-11)13-9-12(18)7-8-15(13)19/h2-9,14,16H,10H2,1H3,(H,20,21). The number of halogens is 1. The van der Waals surface area contributed by atoms with Crippen molar-refractivity contribution in [1.82, 2.24) is 0 Å². The minimum atomic E-state index is -0.777. The Morgan fingerprint density at radius 3 is 2.62 bits per heavy atom. The van der Waals surface area contributed by atoms with Crippen molar-refractivity contribution in [3.8, 4) is 0 Å². The Morgan fingerprint density at radius 1 is 1.24 bits per heavy atom. The Morgan fingerprint density at radius 2 is 1.95 bits per heavy atom. The summed E-state index contributed by atoms with van der Waals surface area (Å²) in [6, 6.07) is 15.5. The predicted octanol–water partition coefficient (Wildman–Crippen LogP) is 3.62. The quantitative estimate of drug-likeness (QED) is 0.921. The molecule has 2 aromatic rings. The molecular weight excluding hydrogens is 286 g/mol. The molecular formula is C17H16ClNO2. The fourth-order valence-corrected chi connectivity index (χ4v) is 3.31. The molecule has 21 heavy (non-hydrogen) atoms. The lowest BCUT2D eigenvalue weighted by Gasteiger charge is -2.38. The summed E-state index contributed by atoms with van der Waals surface area (Å²) >= 11 is 6.14. The molecule has 0 aromatic heterocycles. The Hall–Kier alpha value is -2.00. The maximum Gasteiger partial charge on any atom is 0.309 e. The van der Waals surface area contributed by atoms with E-state index < -0.39 is 11.9 Å². The highest BCUT2D eigenvalue weighted by molar-refractivity contribution is 6.30. The number of carbonyl (C=O) groups is 1. The maximum absolute atomic E-state index is 11.7. The predicted molar refractivity (Wildman–Crippen MR) is 84.1 cm³/mol. The lowest BCUT2D eigenvalue weighted by molar-refractivity contribution is -0.142. The maximum atomic E-state index is 11.7. The van der Waals surface area contributed by atoms with E-state index >= 15 is 0 Å². The molecule has 0 fully saturated rings. The van der Waals surface area contributed by atoms with Crippen LogP contribution >= 0.6 is 11.6 Å². The topological polar surface area (TPSA) is 40.5 Å². The van der Waals surface area contributed by atoms with Crippen LogP contribution in [-0.4, -0.2) is 24.7 Å². The van der Waals surface area contributed by atoms with Gasteiger partial charge in [0.25, 0.3) is 0 Å². The Bertz CT molecular complexity index is 672. The summed E-state index contributed by atoms with van der Waals surface area (Å²) in [4.78, 5) is 13.7. The zero-order valence-electron chi connectivity index (χ0n) is 11.7. The molecule has 0 radical (unpaired) electrons. The highest BCUT2D eigenvalue weighted by Crippen LogP contribution is 2.43. The molecule has 2 unspecified atom stereocenters. The van der Waals surface area contributed by atoms with E-state index in [0.29, 0.717) is 11.6 Å². The van der Waals surface area contributed by atoms with Gasteiger partial charge in [-0.2, -0.15) is 0 Å². The molecule has 1 N–H and O–H groups in total. The second-order valence-electron chi connectivity index (χ2n) is 5.42. The lowest BCUT2D eigenvalue weighted by Crippen LogP contribution is -2.39. The number of carboxylic acids is 1. The van der Waals surface area contributed by atoms with Crippen molar-refractivity contribution in [2.45, 2.75) is 5.92 Å². The van der Waals surface area contributed by atoms with Crippen molar-refractivity contribution in [2.24, 2.45) is 5.92 Å². The van der Waals surface area contributed by atoms with Gasteiger partial charge in [0.05, 0.1) is 5.92 Å². The van der Waals surface area contributed by atoms with Crippen LogP contribution in [0.4, 0.5) is 5.69 Å². The molecule has 1 aliphatic rings. The highest BCUT2D eigenvalue weighted by Gasteiger charge is 2.37. The summed E-state index contributed by atoms with van der Waals surface area (Å²) in [6.45, 7) is 0.490. The number of benzene rings is 2. The summed E-state index contributed by atoms with van der Waals surface area (Å²) in [5.41, 5.74) is 3.04. The van der Waals surface area contributed by atoms with Gasteiger partial charge in [0.15, 0.2) is 0 Å². The summed E-state index contributed by atoms with van der Waals surface area (Å²) in [5.74, 6) is -1.43. The minimum Gasteiger partial charge on any atom is -0.481 e. The summed E-state index contributed by atoms with van der Waals surface area (Å²) < 4.78 is 0. The summed E-state index contributed by atoms with van der Waals surface area (Å²) in [7, 11) is 1.92. The van der Waals surface area contributed by atoms with Crippen molar-refractivity contribution in [2.75, 3.05) is 18.5 Å². The Balaban J connectivity index is 2.19. The van der Waals surface area contributed by atoms with E-state index in [0.717, 1.165) is 16.8 Å². The SMILES string of the molecule is CN1CC(C(=O)O)C(c2ccccc2)c2cc(Cl)ccc21. The van der Waals surface area contributed by atoms with Crippen molar-refractivity contribution >= 4 is 23.3 Å². The van der Waals surface area contributed by atoms with Crippen LogP contribution in [0, 0.1) is 5.92 Å². The van der Waals surface area contributed by atoms with E-state index in [2.05, 4.69) is 0 Å². The van der Waals surface area contributed by atoms with Gasteiger partial charge in [-0.25, -0.2) is 0 Å². The van der Waals surface area contributed by atoms with Gasteiger partial charge in [-0.05, 0) is 29.3 Å². The van der Waals surface area contributed by atoms with Gasteiger partial charge in [0.2, 0.25) is 0 Å². The van der Waals surface area contributed by atoms with Crippen LogP contribution in [-0.2, 0) is 4.79 Å². The first-order valence-corrected chi connectivity index (χ1v) is 7.24. The average molecular weight is 302 g/mol. The first kappa shape index (κ1) is 14.0. The Kier molecular flexibility index (Phi) is 3.60. The molecule has 3 rings (SSSR count). The molecule has 0 bridgehead atoms. The van der Waals surface area contributed by atoms with Gasteiger partial charge in [0, 0.05) is 30.2 Å². The van der Waals surface area contributed by atoms with Crippen LogP contribution in [0.2, 0.25) is 5.02 Å². The van der Waals surface area contributed by atoms with Crippen LogP contribution in [0.5, 0.6) is 0 Å². The molecule has 0 amide bonds. The second-order valence-corrected chi connectivity index (χ2v) is 5.85. The zero-order chi connectivity index (χ0) is 15.0. The van der Waals surface area contributed by atoms with Crippen LogP contribution in [0.1, 0.15) is 17.0 Å². The van der Waals surface area contributed by atoms with Gasteiger partial charge in [-0.3, -0.25) is 4.79 Å². The van der Waals surface area contributed by atoms with Crippen LogP contribution in [0.25, 0.3) is 0 Å². The highest BCUT2D eigenvalue weighted by atomic mass is 35.5. The number of hydrogen-bond acceptors (Lipinski definition) is 2. The van der Waals surface area contributed by atoms with E-state index in [1.165, 1.54) is 0 Å². The van der Waals surface area contributed by atoms with Crippen molar-refractivity contribution in [3.05, 3.63) is 64.7 Å². The zero-order valence-corrected chi connectivity index (χ0v) is 12.4. The van der Waals surface area contributed by atoms with Crippen molar-refractivity contribution in [1.29, 1.82) is 0 Å². The van der Waals surface area contributed by atoms with E-state index in [-0.39, 0.29) is 5.92 Å². The fraction of sp³-hybridized carbons (Fsp3) is 0.235. The van der Waals surface area contributed by atoms with E-state index in [1.807, 2.05) is 60.5 Å². The molecule has 0 saturated heterocycles. The molecule has 0 spiro atoms. The van der Waals surface area contributed by atoms with Crippen LogP contribution < -0.4 is 4.90 Å². The molecule has 1 heterocycles. The van der Waals surface area contributed by atoms with Crippen molar-refractivity contribution in [3.63, 3.8) is 0 Å². The average Bonchev–Trinajstić information content (AvgIpc) is 2.47. The second kappa shape index (κ2) is 5.41. The third kappa shape index (κ3) is 2.49.